The second-order valence-corrected chi connectivity index (χ2v) is 5.08. The highest BCUT2D eigenvalue weighted by Gasteiger charge is 2.40. The third kappa shape index (κ3) is 1.82. The lowest BCUT2D eigenvalue weighted by atomic mass is 9.88. The third-order valence-electron chi connectivity index (χ3n) is 3.55. The summed E-state index contributed by atoms with van der Waals surface area (Å²) in [7, 11) is 0. The summed E-state index contributed by atoms with van der Waals surface area (Å²) in [6.45, 7) is 3.48. The van der Waals surface area contributed by atoms with Gasteiger partial charge in [-0.25, -0.2) is 0 Å². The van der Waals surface area contributed by atoms with Crippen LogP contribution in [-0.2, 0) is 0 Å². The van der Waals surface area contributed by atoms with Gasteiger partial charge in [-0.1, -0.05) is 31.5 Å². The molecule has 18 heavy (non-hydrogen) atoms. The Balaban J connectivity index is 1.89. The van der Waals surface area contributed by atoms with Crippen molar-refractivity contribution in [1.29, 1.82) is 0 Å². The first-order valence-electron chi connectivity index (χ1n) is 6.40. The van der Waals surface area contributed by atoms with Crippen LogP contribution in [-0.4, -0.2) is 34.0 Å². The number of hydrogen-bond donors (Lipinski definition) is 1. The van der Waals surface area contributed by atoms with Gasteiger partial charge in [0.1, 0.15) is 0 Å². The van der Waals surface area contributed by atoms with Crippen molar-refractivity contribution >= 4 is 16.6 Å². The molecule has 1 aromatic carbocycles. The van der Waals surface area contributed by atoms with Crippen LogP contribution >= 0.6 is 0 Å². The lowest BCUT2D eigenvalue weighted by Crippen LogP contribution is -2.62. The maximum atomic E-state index is 10.2. The van der Waals surface area contributed by atoms with E-state index in [1.807, 2.05) is 18.2 Å². The molecule has 0 aliphatic carbocycles. The molecule has 1 fully saturated rings. The van der Waals surface area contributed by atoms with Crippen molar-refractivity contribution in [3.63, 3.8) is 0 Å². The summed E-state index contributed by atoms with van der Waals surface area (Å²) in [5.74, 6) is 0. The van der Waals surface area contributed by atoms with Crippen molar-refractivity contribution in [2.75, 3.05) is 18.0 Å². The van der Waals surface area contributed by atoms with E-state index in [9.17, 15) is 5.11 Å². The monoisotopic (exact) mass is 243 g/mol. The molecule has 0 bridgehead atoms. The van der Waals surface area contributed by atoms with Gasteiger partial charge < -0.3 is 10.0 Å². The number of β-amino-alcohol motifs (C(OH)–C–C–N with tert-alkyl or cyclic N) is 1. The fourth-order valence-corrected chi connectivity index (χ4v) is 2.70. The third-order valence-corrected chi connectivity index (χ3v) is 3.55. The number of fused-ring (bicyclic) bond motifs is 1. The Morgan fingerprint density at radius 3 is 2.89 bits per heavy atom. The second-order valence-electron chi connectivity index (χ2n) is 5.08. The van der Waals surface area contributed by atoms with Gasteiger partial charge in [0.25, 0.3) is 0 Å². The Morgan fingerprint density at radius 2 is 2.11 bits per heavy atom. The summed E-state index contributed by atoms with van der Waals surface area (Å²) in [6.07, 6.45) is 3.66. The normalized spacial score (nSPS) is 17.8. The Morgan fingerprint density at radius 1 is 1.33 bits per heavy atom. The van der Waals surface area contributed by atoms with Crippen molar-refractivity contribution in [2.45, 2.75) is 25.4 Å². The van der Waals surface area contributed by atoms with Crippen LogP contribution in [0.1, 0.15) is 19.8 Å². The number of anilines is 1. The van der Waals surface area contributed by atoms with Crippen molar-refractivity contribution in [1.82, 2.24) is 10.2 Å². The number of hydrogen-bond acceptors (Lipinski definition) is 4. The first kappa shape index (κ1) is 11.4. The number of aromatic nitrogens is 2. The molecule has 0 unspecified atom stereocenters. The Kier molecular flexibility index (Phi) is 2.67. The molecule has 1 N–H and O–H groups in total. The van der Waals surface area contributed by atoms with Crippen molar-refractivity contribution in [3.05, 3.63) is 30.5 Å². The predicted molar refractivity (Wildman–Crippen MR) is 71.6 cm³/mol. The largest absolute Gasteiger partial charge is 0.386 e. The highest BCUT2D eigenvalue weighted by Crippen LogP contribution is 2.33. The maximum absolute atomic E-state index is 10.2. The van der Waals surface area contributed by atoms with E-state index in [-0.39, 0.29) is 0 Å². The van der Waals surface area contributed by atoms with E-state index >= 15 is 0 Å². The van der Waals surface area contributed by atoms with Crippen LogP contribution in [0.4, 0.5) is 5.69 Å². The van der Waals surface area contributed by atoms with Gasteiger partial charge >= 0.3 is 0 Å². The average Bonchev–Trinajstić information content (AvgIpc) is 2.35. The van der Waals surface area contributed by atoms with Gasteiger partial charge in [0, 0.05) is 18.5 Å². The number of aliphatic hydroxyl groups is 1. The van der Waals surface area contributed by atoms with Gasteiger partial charge in [-0.05, 0) is 12.5 Å². The van der Waals surface area contributed by atoms with Crippen LogP contribution in [0.5, 0.6) is 0 Å². The smallest absolute Gasteiger partial charge is 0.0995 e. The minimum Gasteiger partial charge on any atom is -0.386 e. The topological polar surface area (TPSA) is 49.2 Å². The quantitative estimate of drug-likeness (QED) is 0.895. The summed E-state index contributed by atoms with van der Waals surface area (Å²) in [4.78, 5) is 2.17. The SMILES string of the molecule is CCCC1(O)CN(c2cnnc3ccccc23)C1. The van der Waals surface area contributed by atoms with Crippen molar-refractivity contribution < 1.29 is 5.11 Å². The highest BCUT2D eigenvalue weighted by molar-refractivity contribution is 5.91. The minimum atomic E-state index is -0.515. The van der Waals surface area contributed by atoms with Gasteiger partial charge in [0.15, 0.2) is 0 Å². The van der Waals surface area contributed by atoms with Crippen LogP contribution in [0.25, 0.3) is 10.9 Å². The summed E-state index contributed by atoms with van der Waals surface area (Å²) in [5, 5.41) is 19.5. The van der Waals surface area contributed by atoms with E-state index in [0.717, 1.165) is 29.4 Å². The molecule has 0 atom stereocenters. The zero-order chi connectivity index (χ0) is 12.6. The first-order chi connectivity index (χ1) is 8.72. The number of rotatable bonds is 3. The molecule has 94 valence electrons. The van der Waals surface area contributed by atoms with Gasteiger partial charge in [-0.2, -0.15) is 10.2 Å². The van der Waals surface area contributed by atoms with Gasteiger partial charge in [0.2, 0.25) is 0 Å². The zero-order valence-corrected chi connectivity index (χ0v) is 10.5. The van der Waals surface area contributed by atoms with Crippen LogP contribution in [0.15, 0.2) is 30.5 Å². The fourth-order valence-electron chi connectivity index (χ4n) is 2.70. The van der Waals surface area contributed by atoms with Gasteiger partial charge in [0.05, 0.1) is 23.0 Å². The lowest BCUT2D eigenvalue weighted by Gasteiger charge is -2.48. The zero-order valence-electron chi connectivity index (χ0n) is 10.5. The van der Waals surface area contributed by atoms with Crippen LogP contribution < -0.4 is 4.90 Å². The Bertz CT molecular complexity index is 558. The molecule has 0 spiro atoms. The average molecular weight is 243 g/mol. The van der Waals surface area contributed by atoms with E-state index in [0.29, 0.717) is 13.1 Å². The highest BCUT2D eigenvalue weighted by atomic mass is 16.3. The molecule has 2 heterocycles. The molecule has 0 amide bonds. The first-order valence-corrected chi connectivity index (χ1v) is 6.40. The van der Waals surface area contributed by atoms with E-state index in [4.69, 9.17) is 0 Å². The van der Waals surface area contributed by atoms with E-state index < -0.39 is 5.60 Å². The standard InChI is InChI=1S/C14H17N3O/c1-2-7-14(18)9-17(10-14)13-8-15-16-12-6-4-3-5-11(12)13/h3-6,8,18H,2,7,9-10H2,1H3. The van der Waals surface area contributed by atoms with Crippen LogP contribution in [0, 0.1) is 0 Å². The van der Waals surface area contributed by atoms with Crippen molar-refractivity contribution in [3.8, 4) is 0 Å². The molecule has 0 saturated carbocycles. The van der Waals surface area contributed by atoms with Gasteiger partial charge in [-0.15, -0.1) is 0 Å². The fraction of sp³-hybridized carbons (Fsp3) is 0.429. The molecule has 4 heteroatoms. The number of benzene rings is 1. The molecular formula is C14H17N3O. The molecule has 1 aromatic heterocycles. The van der Waals surface area contributed by atoms with E-state index in [2.05, 4.69) is 28.1 Å². The van der Waals surface area contributed by atoms with Crippen LogP contribution in [0.2, 0.25) is 0 Å². The van der Waals surface area contributed by atoms with Crippen molar-refractivity contribution in [2.24, 2.45) is 0 Å². The molecule has 1 aliphatic heterocycles. The van der Waals surface area contributed by atoms with E-state index in [1.165, 1.54) is 0 Å². The molecule has 2 aromatic rings. The van der Waals surface area contributed by atoms with E-state index in [1.54, 1.807) is 6.20 Å². The molecule has 4 nitrogen and oxygen atoms in total. The predicted octanol–water partition coefficient (Wildman–Crippen LogP) is 1.98. The second kappa shape index (κ2) is 4.21. The molecule has 3 rings (SSSR count). The summed E-state index contributed by atoms with van der Waals surface area (Å²) in [6, 6.07) is 7.98. The Labute approximate surface area is 106 Å². The summed E-state index contributed by atoms with van der Waals surface area (Å²) >= 11 is 0. The summed E-state index contributed by atoms with van der Waals surface area (Å²) in [5.41, 5.74) is 1.46. The lowest BCUT2D eigenvalue weighted by molar-refractivity contribution is 0.00352. The Hall–Kier alpha value is -1.68. The molecule has 1 aliphatic rings. The minimum absolute atomic E-state index is 0.515. The maximum Gasteiger partial charge on any atom is 0.0995 e. The molecule has 0 radical (unpaired) electrons. The molecular weight excluding hydrogens is 226 g/mol. The van der Waals surface area contributed by atoms with Crippen LogP contribution in [0.3, 0.4) is 0 Å². The molecule has 1 saturated heterocycles. The summed E-state index contributed by atoms with van der Waals surface area (Å²) < 4.78 is 0. The van der Waals surface area contributed by atoms with Gasteiger partial charge in [-0.3, -0.25) is 0 Å². The number of nitrogens with zero attached hydrogens (tertiary/aromatic N) is 3.